The molecule has 1 fully saturated rings. The minimum absolute atomic E-state index is 0.0690. The van der Waals surface area contributed by atoms with Crippen molar-refractivity contribution < 1.29 is 9.53 Å². The highest BCUT2D eigenvalue weighted by Crippen LogP contribution is 2.17. The van der Waals surface area contributed by atoms with Gasteiger partial charge >= 0.3 is 0 Å². The normalized spacial score (nSPS) is 18.1. The quantitative estimate of drug-likeness (QED) is 0.811. The first-order valence-corrected chi connectivity index (χ1v) is 7.87. The van der Waals surface area contributed by atoms with Crippen LogP contribution in [0, 0.1) is 0 Å². The van der Waals surface area contributed by atoms with Crippen molar-refractivity contribution in [1.29, 1.82) is 0 Å². The van der Waals surface area contributed by atoms with Crippen molar-refractivity contribution in [3.63, 3.8) is 0 Å². The molecule has 1 amide bonds. The Morgan fingerprint density at radius 1 is 1.43 bits per heavy atom. The van der Waals surface area contributed by atoms with E-state index in [1.165, 1.54) is 5.56 Å². The van der Waals surface area contributed by atoms with Crippen LogP contribution in [0.4, 0.5) is 5.69 Å². The van der Waals surface area contributed by atoms with Crippen LogP contribution < -0.4 is 10.6 Å². The fraction of sp³-hybridized carbons (Fsp3) is 0.588. The molecule has 4 nitrogen and oxygen atoms in total. The lowest BCUT2D eigenvalue weighted by Gasteiger charge is -2.11. The van der Waals surface area contributed by atoms with E-state index in [0.717, 1.165) is 38.1 Å². The lowest BCUT2D eigenvalue weighted by atomic mass is 10.1. The molecule has 1 aromatic carbocycles. The first-order valence-electron chi connectivity index (χ1n) is 7.87. The highest BCUT2D eigenvalue weighted by atomic mass is 16.5. The van der Waals surface area contributed by atoms with Crippen molar-refractivity contribution >= 4 is 11.6 Å². The van der Waals surface area contributed by atoms with Crippen molar-refractivity contribution in [2.24, 2.45) is 0 Å². The Bertz CT molecular complexity index is 454. The molecule has 2 N–H and O–H groups in total. The molecule has 1 saturated heterocycles. The lowest BCUT2D eigenvalue weighted by molar-refractivity contribution is -0.116. The molecule has 1 heterocycles. The van der Waals surface area contributed by atoms with Crippen LogP contribution in [-0.2, 0) is 16.1 Å². The first-order chi connectivity index (χ1) is 10.1. The zero-order valence-electron chi connectivity index (χ0n) is 13.0. The standard InChI is InChI=1S/C17H26N2O2/c1-13(2)18-12-14-5-3-6-15(11-14)19-17(20)9-8-16-7-4-10-21-16/h3,5-6,11,13,16,18H,4,7-10,12H2,1-2H3,(H,19,20). The molecule has 1 aliphatic heterocycles. The summed E-state index contributed by atoms with van der Waals surface area (Å²) in [5.41, 5.74) is 2.05. The van der Waals surface area contributed by atoms with Gasteiger partial charge in [-0.1, -0.05) is 26.0 Å². The number of hydrogen-bond acceptors (Lipinski definition) is 3. The van der Waals surface area contributed by atoms with E-state index < -0.39 is 0 Å². The van der Waals surface area contributed by atoms with Gasteiger partial charge in [-0.15, -0.1) is 0 Å². The molecule has 0 bridgehead atoms. The van der Waals surface area contributed by atoms with Gasteiger partial charge in [-0.3, -0.25) is 4.79 Å². The molecule has 2 rings (SSSR count). The maximum absolute atomic E-state index is 12.0. The molecule has 1 aromatic rings. The third-order valence-corrected chi connectivity index (χ3v) is 3.64. The summed E-state index contributed by atoms with van der Waals surface area (Å²) in [7, 11) is 0. The fourth-order valence-electron chi connectivity index (χ4n) is 2.47. The summed E-state index contributed by atoms with van der Waals surface area (Å²) >= 11 is 0. The van der Waals surface area contributed by atoms with Gasteiger partial charge in [-0.2, -0.15) is 0 Å². The molecule has 0 radical (unpaired) electrons. The van der Waals surface area contributed by atoms with E-state index in [4.69, 9.17) is 4.74 Å². The molecule has 21 heavy (non-hydrogen) atoms. The van der Waals surface area contributed by atoms with Crippen LogP contribution in [0.15, 0.2) is 24.3 Å². The number of ether oxygens (including phenoxy) is 1. The van der Waals surface area contributed by atoms with Crippen LogP contribution in [0.25, 0.3) is 0 Å². The average Bonchev–Trinajstić information content (AvgIpc) is 2.97. The Balaban J connectivity index is 1.78. The number of hydrogen-bond donors (Lipinski definition) is 2. The second kappa shape index (κ2) is 8.15. The zero-order valence-corrected chi connectivity index (χ0v) is 13.0. The van der Waals surface area contributed by atoms with Gasteiger partial charge in [0.15, 0.2) is 0 Å². The third-order valence-electron chi connectivity index (χ3n) is 3.64. The van der Waals surface area contributed by atoms with Crippen molar-refractivity contribution in [3.8, 4) is 0 Å². The molecule has 0 aliphatic carbocycles. The van der Waals surface area contributed by atoms with Crippen LogP contribution in [0.1, 0.15) is 45.1 Å². The second-order valence-corrected chi connectivity index (χ2v) is 5.96. The molecular formula is C17H26N2O2. The van der Waals surface area contributed by atoms with Crippen LogP contribution in [0.5, 0.6) is 0 Å². The van der Waals surface area contributed by atoms with Gasteiger partial charge in [-0.25, -0.2) is 0 Å². The number of carbonyl (C=O) groups is 1. The maximum atomic E-state index is 12.0. The van der Waals surface area contributed by atoms with Crippen LogP contribution in [-0.4, -0.2) is 24.7 Å². The number of carbonyl (C=O) groups excluding carboxylic acids is 1. The topological polar surface area (TPSA) is 50.4 Å². The highest BCUT2D eigenvalue weighted by Gasteiger charge is 2.16. The zero-order chi connectivity index (χ0) is 15.1. The van der Waals surface area contributed by atoms with Gasteiger partial charge < -0.3 is 15.4 Å². The van der Waals surface area contributed by atoms with E-state index in [1.54, 1.807) is 0 Å². The number of amides is 1. The van der Waals surface area contributed by atoms with Gasteiger partial charge in [0.25, 0.3) is 0 Å². The Labute approximate surface area is 127 Å². The van der Waals surface area contributed by atoms with E-state index in [2.05, 4.69) is 30.5 Å². The van der Waals surface area contributed by atoms with Crippen molar-refractivity contribution in [2.45, 2.75) is 58.2 Å². The third kappa shape index (κ3) is 5.86. The van der Waals surface area contributed by atoms with E-state index in [0.29, 0.717) is 12.5 Å². The van der Waals surface area contributed by atoms with E-state index >= 15 is 0 Å². The number of benzene rings is 1. The predicted molar refractivity (Wildman–Crippen MR) is 85.3 cm³/mol. The van der Waals surface area contributed by atoms with Gasteiger partial charge in [0.05, 0.1) is 6.10 Å². The Hall–Kier alpha value is -1.39. The Morgan fingerprint density at radius 2 is 2.29 bits per heavy atom. The summed E-state index contributed by atoms with van der Waals surface area (Å²) in [6, 6.07) is 8.46. The van der Waals surface area contributed by atoms with Gasteiger partial charge in [0.2, 0.25) is 5.91 Å². The van der Waals surface area contributed by atoms with Crippen molar-refractivity contribution in [3.05, 3.63) is 29.8 Å². The molecule has 0 spiro atoms. The maximum Gasteiger partial charge on any atom is 0.224 e. The predicted octanol–water partition coefficient (Wildman–Crippen LogP) is 3.08. The molecule has 4 heteroatoms. The monoisotopic (exact) mass is 290 g/mol. The Morgan fingerprint density at radius 3 is 3.00 bits per heavy atom. The van der Waals surface area contributed by atoms with Crippen LogP contribution >= 0.6 is 0 Å². The average molecular weight is 290 g/mol. The van der Waals surface area contributed by atoms with E-state index in [9.17, 15) is 4.79 Å². The summed E-state index contributed by atoms with van der Waals surface area (Å²) in [4.78, 5) is 12.0. The minimum atomic E-state index is 0.0690. The molecule has 116 valence electrons. The SMILES string of the molecule is CC(C)NCc1cccc(NC(=O)CCC2CCCO2)c1. The first kappa shape index (κ1) is 16.0. The molecular weight excluding hydrogens is 264 g/mol. The van der Waals surface area contributed by atoms with Gasteiger partial charge in [0.1, 0.15) is 0 Å². The number of anilines is 1. The number of rotatable bonds is 7. The highest BCUT2D eigenvalue weighted by molar-refractivity contribution is 5.90. The van der Waals surface area contributed by atoms with Crippen LogP contribution in [0.3, 0.4) is 0 Å². The van der Waals surface area contributed by atoms with E-state index in [1.807, 2.05) is 18.2 Å². The lowest BCUT2D eigenvalue weighted by Crippen LogP contribution is -2.22. The van der Waals surface area contributed by atoms with E-state index in [-0.39, 0.29) is 12.0 Å². The summed E-state index contributed by atoms with van der Waals surface area (Å²) in [6.45, 7) is 5.90. The largest absolute Gasteiger partial charge is 0.378 e. The summed E-state index contributed by atoms with van der Waals surface area (Å²) in [5.74, 6) is 0.0690. The summed E-state index contributed by atoms with van der Waals surface area (Å²) < 4.78 is 5.54. The van der Waals surface area contributed by atoms with Gasteiger partial charge in [0, 0.05) is 31.3 Å². The smallest absolute Gasteiger partial charge is 0.224 e. The molecule has 0 saturated carbocycles. The van der Waals surface area contributed by atoms with Crippen molar-refractivity contribution in [2.75, 3.05) is 11.9 Å². The number of nitrogens with one attached hydrogen (secondary N) is 2. The minimum Gasteiger partial charge on any atom is -0.378 e. The summed E-state index contributed by atoms with van der Waals surface area (Å²) in [6.07, 6.45) is 3.83. The molecule has 1 atom stereocenters. The molecule has 0 aromatic heterocycles. The summed E-state index contributed by atoms with van der Waals surface area (Å²) in [5, 5.41) is 6.35. The Kier molecular flexibility index (Phi) is 6.21. The van der Waals surface area contributed by atoms with Crippen molar-refractivity contribution in [1.82, 2.24) is 5.32 Å². The molecule has 1 unspecified atom stereocenters. The fourth-order valence-corrected chi connectivity index (χ4v) is 2.47. The van der Waals surface area contributed by atoms with Crippen LogP contribution in [0.2, 0.25) is 0 Å². The second-order valence-electron chi connectivity index (χ2n) is 5.96. The molecule has 1 aliphatic rings. The van der Waals surface area contributed by atoms with Gasteiger partial charge in [-0.05, 0) is 37.0 Å².